The lowest BCUT2D eigenvalue weighted by Crippen LogP contribution is -2.13. The average molecular weight is 403 g/mol. The fourth-order valence-electron chi connectivity index (χ4n) is 4.42. The summed E-state index contributed by atoms with van der Waals surface area (Å²) in [6.07, 6.45) is 12.3. The Labute approximate surface area is 173 Å². The first-order valence-corrected chi connectivity index (χ1v) is 11.7. The van der Waals surface area contributed by atoms with Gasteiger partial charge in [0.05, 0.1) is 0 Å². The zero-order valence-corrected chi connectivity index (χ0v) is 17.7. The van der Waals surface area contributed by atoms with E-state index in [1.165, 1.54) is 63.4 Å². The van der Waals surface area contributed by atoms with E-state index < -0.39 is 5.76 Å². The van der Waals surface area contributed by atoms with Crippen LogP contribution >= 0.6 is 11.8 Å². The lowest BCUT2D eigenvalue weighted by molar-refractivity contribution is 0.252. The van der Waals surface area contributed by atoms with Crippen LogP contribution in [0, 0.1) is 5.92 Å². The second-order valence-electron chi connectivity index (χ2n) is 8.09. The largest absolute Gasteiger partial charge is 0.288 e. The molecule has 2 aromatic carbocycles. The molecule has 2 aromatic rings. The first kappa shape index (κ1) is 21.4. The van der Waals surface area contributed by atoms with Gasteiger partial charge in [0.25, 0.3) is 5.76 Å². The zero-order valence-electron chi connectivity index (χ0n) is 16.9. The Morgan fingerprint density at radius 2 is 1.43 bits per heavy atom. The van der Waals surface area contributed by atoms with Gasteiger partial charge < -0.3 is 0 Å². The third kappa shape index (κ3) is 6.34. The average Bonchev–Trinajstić information content (AvgIpc) is 2.72. The number of halogens is 2. The van der Waals surface area contributed by atoms with Crippen LogP contribution < -0.4 is 0 Å². The number of hydrogen-bond acceptors (Lipinski definition) is 1. The molecule has 1 fully saturated rings. The van der Waals surface area contributed by atoms with Gasteiger partial charge in [-0.1, -0.05) is 87.2 Å². The van der Waals surface area contributed by atoms with Crippen LogP contribution in [0.15, 0.2) is 53.4 Å². The molecule has 1 aliphatic carbocycles. The summed E-state index contributed by atoms with van der Waals surface area (Å²) in [7, 11) is 0. The van der Waals surface area contributed by atoms with Crippen LogP contribution in [0.2, 0.25) is 0 Å². The fraction of sp³-hybridized carbons (Fsp3) is 0.520. The molecular formula is C25H32F2S. The van der Waals surface area contributed by atoms with Crippen molar-refractivity contribution in [1.82, 2.24) is 0 Å². The van der Waals surface area contributed by atoms with E-state index >= 15 is 0 Å². The van der Waals surface area contributed by atoms with Crippen molar-refractivity contribution in [2.24, 2.45) is 5.92 Å². The number of hydrogen-bond donors (Lipinski definition) is 0. The van der Waals surface area contributed by atoms with Crippen LogP contribution in [-0.2, 0) is 0 Å². The highest BCUT2D eigenvalue weighted by molar-refractivity contribution is 7.99. The molecule has 1 aliphatic rings. The van der Waals surface area contributed by atoms with E-state index in [4.69, 9.17) is 0 Å². The summed E-state index contributed by atoms with van der Waals surface area (Å²) in [5, 5.41) is 0. The Hall–Kier alpha value is -1.35. The van der Waals surface area contributed by atoms with E-state index in [0.717, 1.165) is 17.0 Å². The predicted octanol–water partition coefficient (Wildman–Crippen LogP) is 8.91. The predicted molar refractivity (Wildman–Crippen MR) is 117 cm³/mol. The number of rotatable bonds is 9. The van der Waals surface area contributed by atoms with Gasteiger partial charge in [-0.3, -0.25) is 0 Å². The molecule has 0 aromatic heterocycles. The van der Waals surface area contributed by atoms with Gasteiger partial charge in [0.1, 0.15) is 0 Å². The molecule has 1 saturated carbocycles. The van der Waals surface area contributed by atoms with Crippen molar-refractivity contribution in [3.63, 3.8) is 0 Å². The van der Waals surface area contributed by atoms with Crippen molar-refractivity contribution in [3.8, 4) is 11.1 Å². The van der Waals surface area contributed by atoms with Gasteiger partial charge in [0.2, 0.25) is 0 Å². The van der Waals surface area contributed by atoms with Gasteiger partial charge in [-0.15, -0.1) is 0 Å². The Kier molecular flexibility index (Phi) is 8.39. The molecule has 0 unspecified atom stereocenters. The summed E-state index contributed by atoms with van der Waals surface area (Å²) in [5.74, 6) is -0.723. The second-order valence-corrected chi connectivity index (χ2v) is 9.16. The van der Waals surface area contributed by atoms with E-state index in [0.29, 0.717) is 22.6 Å². The molecule has 0 radical (unpaired) electrons. The lowest BCUT2D eigenvalue weighted by Gasteiger charge is -2.29. The molecule has 0 spiro atoms. The Balaban J connectivity index is 1.51. The van der Waals surface area contributed by atoms with Crippen molar-refractivity contribution < 1.29 is 8.78 Å². The van der Waals surface area contributed by atoms with Crippen LogP contribution in [0.25, 0.3) is 11.1 Å². The van der Waals surface area contributed by atoms with Crippen molar-refractivity contribution in [1.29, 1.82) is 0 Å². The molecule has 0 atom stereocenters. The van der Waals surface area contributed by atoms with Crippen molar-refractivity contribution >= 4 is 11.8 Å². The normalized spacial score (nSPS) is 19.9. The molecule has 0 nitrogen and oxygen atoms in total. The van der Waals surface area contributed by atoms with Crippen LogP contribution in [0.4, 0.5) is 8.78 Å². The highest BCUT2D eigenvalue weighted by Crippen LogP contribution is 2.38. The van der Waals surface area contributed by atoms with Gasteiger partial charge in [-0.05, 0) is 66.3 Å². The molecule has 0 bridgehead atoms. The minimum atomic E-state index is -2.36. The lowest BCUT2D eigenvalue weighted by atomic mass is 9.77. The standard InChI is InChI=1S/C25H32F2S/c1-2-3-4-5-6-19-7-9-20(10-8-19)21-11-13-22(14-12-21)23-15-17-24(18-16-23)28-25(26)27/h11-20,25H,2-10H2,1H3/t19-,20-. The molecular weight excluding hydrogens is 370 g/mol. The summed E-state index contributed by atoms with van der Waals surface area (Å²) in [4.78, 5) is 0.613. The smallest absolute Gasteiger partial charge is 0.198 e. The summed E-state index contributed by atoms with van der Waals surface area (Å²) in [6.45, 7) is 2.28. The Morgan fingerprint density at radius 1 is 0.821 bits per heavy atom. The van der Waals surface area contributed by atoms with E-state index in [1.807, 2.05) is 12.1 Å². The molecule has 0 N–H and O–H groups in total. The van der Waals surface area contributed by atoms with Gasteiger partial charge in [0.15, 0.2) is 0 Å². The molecule has 0 amide bonds. The van der Waals surface area contributed by atoms with Crippen LogP contribution in [0.3, 0.4) is 0 Å². The monoisotopic (exact) mass is 402 g/mol. The minimum Gasteiger partial charge on any atom is -0.198 e. The van der Waals surface area contributed by atoms with Gasteiger partial charge in [-0.2, -0.15) is 8.78 Å². The SMILES string of the molecule is CCCCCC[C@H]1CC[C@H](c2ccc(-c3ccc(SC(F)F)cc3)cc2)CC1. The highest BCUT2D eigenvalue weighted by Gasteiger charge is 2.22. The van der Waals surface area contributed by atoms with Crippen molar-refractivity contribution in [3.05, 3.63) is 54.1 Å². The third-order valence-electron chi connectivity index (χ3n) is 6.11. The van der Waals surface area contributed by atoms with Crippen LogP contribution in [0.1, 0.15) is 76.2 Å². The van der Waals surface area contributed by atoms with E-state index in [-0.39, 0.29) is 0 Å². The Bertz CT molecular complexity index is 685. The summed E-state index contributed by atoms with van der Waals surface area (Å²) < 4.78 is 24.9. The second kappa shape index (κ2) is 11.0. The topological polar surface area (TPSA) is 0 Å². The number of thioether (sulfide) groups is 1. The molecule has 3 rings (SSSR count). The van der Waals surface area contributed by atoms with E-state index in [2.05, 4.69) is 31.2 Å². The molecule has 0 saturated heterocycles. The quantitative estimate of drug-likeness (QED) is 0.298. The van der Waals surface area contributed by atoms with Crippen molar-refractivity contribution in [2.75, 3.05) is 0 Å². The summed E-state index contributed by atoms with van der Waals surface area (Å²) in [5.41, 5.74) is 3.70. The molecule has 0 heterocycles. The molecule has 3 heteroatoms. The van der Waals surface area contributed by atoms with Crippen LogP contribution in [-0.4, -0.2) is 5.76 Å². The third-order valence-corrected chi connectivity index (χ3v) is 6.83. The van der Waals surface area contributed by atoms with Gasteiger partial charge >= 0.3 is 0 Å². The first-order valence-electron chi connectivity index (χ1n) is 10.8. The molecule has 28 heavy (non-hydrogen) atoms. The summed E-state index contributed by atoms with van der Waals surface area (Å²) in [6, 6.07) is 16.3. The zero-order chi connectivity index (χ0) is 19.8. The fourth-order valence-corrected chi connectivity index (χ4v) is 4.92. The number of benzene rings is 2. The van der Waals surface area contributed by atoms with Crippen LogP contribution in [0.5, 0.6) is 0 Å². The van der Waals surface area contributed by atoms with Gasteiger partial charge in [0, 0.05) is 4.90 Å². The number of unbranched alkanes of at least 4 members (excludes halogenated alkanes) is 3. The highest BCUT2D eigenvalue weighted by atomic mass is 32.2. The Morgan fingerprint density at radius 3 is 2.00 bits per heavy atom. The first-order chi connectivity index (χ1) is 13.7. The van der Waals surface area contributed by atoms with Crippen molar-refractivity contribution in [2.45, 2.75) is 81.3 Å². The molecule has 0 aliphatic heterocycles. The maximum Gasteiger partial charge on any atom is 0.288 e. The number of alkyl halides is 2. The maximum absolute atomic E-state index is 12.4. The minimum absolute atomic E-state index is 0.597. The maximum atomic E-state index is 12.4. The van der Waals surface area contributed by atoms with Gasteiger partial charge in [-0.25, -0.2) is 0 Å². The summed E-state index contributed by atoms with van der Waals surface area (Å²) >= 11 is 0.597. The van der Waals surface area contributed by atoms with E-state index in [9.17, 15) is 8.78 Å². The molecule has 152 valence electrons. The van der Waals surface area contributed by atoms with E-state index in [1.54, 1.807) is 12.1 Å².